The Morgan fingerprint density at radius 2 is 1.94 bits per heavy atom. The quantitative estimate of drug-likeness (QED) is 0.573. The van der Waals surface area contributed by atoms with Crippen LogP contribution >= 0.6 is 0 Å². The summed E-state index contributed by atoms with van der Waals surface area (Å²) in [7, 11) is 0. The number of halogens is 1. The number of aliphatic hydroxyl groups excluding tert-OH is 1. The second-order valence-corrected chi connectivity index (χ2v) is 8.02. The van der Waals surface area contributed by atoms with Crippen LogP contribution in [0.5, 0.6) is 0 Å². The number of alkyl halides is 1. The number of rotatable bonds is 7. The molecule has 2 aliphatic carbocycles. The highest BCUT2D eigenvalue weighted by Gasteiger charge is 2.38. The van der Waals surface area contributed by atoms with E-state index in [0.29, 0.717) is 38.8 Å². The maximum absolute atomic E-state index is 13.7. The molecule has 0 bridgehead atoms. The number of hydrogen-bond acceptors (Lipinski definition) is 4. The molecule has 1 aromatic rings. The van der Waals surface area contributed by atoms with Gasteiger partial charge in [0.15, 0.2) is 0 Å². The zero-order valence-corrected chi connectivity index (χ0v) is 17.5. The second-order valence-electron chi connectivity index (χ2n) is 8.02. The van der Waals surface area contributed by atoms with E-state index in [0.717, 1.165) is 11.6 Å². The van der Waals surface area contributed by atoms with Gasteiger partial charge in [-0.3, -0.25) is 4.79 Å². The average Bonchev–Trinajstić information content (AvgIpc) is 2.79. The Labute approximate surface area is 181 Å². The predicted octanol–water partition coefficient (Wildman–Crippen LogP) is 4.01. The first-order valence-electron chi connectivity index (χ1n) is 10.6. The molecule has 1 atom stereocenters. The molecule has 0 heterocycles. The lowest BCUT2D eigenvalue weighted by molar-refractivity contribution is -0.118. The van der Waals surface area contributed by atoms with Crippen LogP contribution in [-0.4, -0.2) is 42.5 Å². The van der Waals surface area contributed by atoms with Gasteiger partial charge < -0.3 is 20.5 Å². The molecule has 31 heavy (non-hydrogen) atoms. The van der Waals surface area contributed by atoms with Gasteiger partial charge in [-0.2, -0.15) is 0 Å². The largest absolute Gasteiger partial charge is 0.507 e. The fourth-order valence-corrected chi connectivity index (χ4v) is 4.17. The van der Waals surface area contributed by atoms with Gasteiger partial charge >= 0.3 is 6.09 Å². The first-order chi connectivity index (χ1) is 14.9. The Kier molecular flexibility index (Phi) is 7.50. The maximum atomic E-state index is 13.7. The summed E-state index contributed by atoms with van der Waals surface area (Å²) < 4.78 is 19.2. The van der Waals surface area contributed by atoms with Gasteiger partial charge in [-0.25, -0.2) is 9.18 Å². The van der Waals surface area contributed by atoms with Gasteiger partial charge in [0.1, 0.15) is 18.0 Å². The highest BCUT2D eigenvalue weighted by Crippen LogP contribution is 2.40. The van der Waals surface area contributed by atoms with Crippen LogP contribution in [0.4, 0.5) is 9.18 Å². The number of ether oxygens (including phenoxy) is 1. The SMILES string of the molecule is C=CCNC(=O)OC1CCC(CNC(=O)C2=CC(F)CC=C2O)(c2ccccc2)CC1. The molecule has 7 heteroatoms. The van der Waals surface area contributed by atoms with Crippen molar-refractivity contribution in [2.75, 3.05) is 13.1 Å². The molecule has 0 aliphatic heterocycles. The monoisotopic (exact) mass is 428 g/mol. The van der Waals surface area contributed by atoms with Gasteiger partial charge in [-0.05, 0) is 43.4 Å². The zero-order chi connectivity index (χ0) is 22.3. The third-order valence-corrected chi connectivity index (χ3v) is 5.93. The predicted molar refractivity (Wildman–Crippen MR) is 116 cm³/mol. The van der Waals surface area contributed by atoms with Gasteiger partial charge in [-0.15, -0.1) is 6.58 Å². The number of allylic oxidation sites excluding steroid dienone is 2. The summed E-state index contributed by atoms with van der Waals surface area (Å²) in [6.45, 7) is 4.25. The van der Waals surface area contributed by atoms with Gasteiger partial charge in [0.25, 0.3) is 5.91 Å². The van der Waals surface area contributed by atoms with E-state index in [-0.39, 0.29) is 29.3 Å². The summed E-state index contributed by atoms with van der Waals surface area (Å²) in [5.74, 6) is -0.684. The highest BCUT2D eigenvalue weighted by molar-refractivity contribution is 5.97. The Morgan fingerprint density at radius 1 is 1.23 bits per heavy atom. The van der Waals surface area contributed by atoms with Crippen molar-refractivity contribution in [2.24, 2.45) is 0 Å². The van der Waals surface area contributed by atoms with E-state index < -0.39 is 18.2 Å². The number of amides is 2. The van der Waals surface area contributed by atoms with Gasteiger partial charge in [0.2, 0.25) is 0 Å². The summed E-state index contributed by atoms with van der Waals surface area (Å²) in [4.78, 5) is 24.5. The first kappa shape index (κ1) is 22.6. The first-order valence-corrected chi connectivity index (χ1v) is 10.6. The van der Waals surface area contributed by atoms with Crippen LogP contribution in [0.1, 0.15) is 37.7 Å². The molecule has 2 amide bonds. The lowest BCUT2D eigenvalue weighted by Gasteiger charge is -2.40. The van der Waals surface area contributed by atoms with E-state index in [4.69, 9.17) is 4.74 Å². The molecule has 1 fully saturated rings. The van der Waals surface area contributed by atoms with Crippen LogP contribution in [0.15, 0.2) is 66.5 Å². The molecule has 2 aliphatic rings. The topological polar surface area (TPSA) is 87.7 Å². The normalized spacial score (nSPS) is 25.6. The molecule has 0 spiro atoms. The molecule has 0 saturated heterocycles. The van der Waals surface area contributed by atoms with Gasteiger partial charge in [0, 0.05) is 24.9 Å². The van der Waals surface area contributed by atoms with Crippen LogP contribution in [-0.2, 0) is 14.9 Å². The van der Waals surface area contributed by atoms with Crippen molar-refractivity contribution in [3.05, 3.63) is 72.0 Å². The number of carbonyl (C=O) groups excluding carboxylic acids is 2. The Morgan fingerprint density at radius 3 is 2.61 bits per heavy atom. The van der Waals surface area contributed by atoms with Gasteiger partial charge in [0.05, 0.1) is 5.57 Å². The Hall–Kier alpha value is -3.09. The van der Waals surface area contributed by atoms with Gasteiger partial charge in [-0.1, -0.05) is 36.4 Å². The number of carbonyl (C=O) groups is 2. The molecular formula is C24H29FN2O4. The second kappa shape index (κ2) is 10.3. The zero-order valence-electron chi connectivity index (χ0n) is 17.5. The molecule has 1 aromatic carbocycles. The number of hydrogen-bond donors (Lipinski definition) is 3. The maximum Gasteiger partial charge on any atom is 0.407 e. The van der Waals surface area contributed by atoms with E-state index in [2.05, 4.69) is 17.2 Å². The van der Waals surface area contributed by atoms with Crippen LogP contribution < -0.4 is 10.6 Å². The van der Waals surface area contributed by atoms with E-state index in [9.17, 15) is 19.1 Å². The molecule has 166 valence electrons. The van der Waals surface area contributed by atoms with Crippen molar-refractivity contribution >= 4 is 12.0 Å². The average molecular weight is 429 g/mol. The van der Waals surface area contributed by atoms with E-state index in [1.54, 1.807) is 6.08 Å². The molecular weight excluding hydrogens is 399 g/mol. The standard InChI is InChI=1S/C24H29FN2O4/c1-2-14-26-23(30)31-19-10-12-24(13-11-19,17-6-4-3-5-7-17)16-27-22(29)20-15-18(25)8-9-21(20)28/h2-7,9,15,18-19,28H,1,8,10-14,16H2,(H,26,30)(H,27,29). The summed E-state index contributed by atoms with van der Waals surface area (Å²) in [6, 6.07) is 9.90. The molecule has 0 radical (unpaired) electrons. The van der Waals surface area contributed by atoms with E-state index in [1.807, 2.05) is 30.3 Å². The van der Waals surface area contributed by atoms with E-state index in [1.165, 1.54) is 6.08 Å². The van der Waals surface area contributed by atoms with Crippen molar-refractivity contribution in [2.45, 2.75) is 49.8 Å². The van der Waals surface area contributed by atoms with Crippen molar-refractivity contribution in [3.8, 4) is 0 Å². The summed E-state index contributed by atoms with van der Waals surface area (Å²) in [5.41, 5.74) is 0.724. The molecule has 0 aromatic heterocycles. The molecule has 6 nitrogen and oxygen atoms in total. The third-order valence-electron chi connectivity index (χ3n) is 5.93. The van der Waals surface area contributed by atoms with E-state index >= 15 is 0 Å². The lowest BCUT2D eigenvalue weighted by atomic mass is 9.68. The molecule has 3 rings (SSSR count). The third kappa shape index (κ3) is 5.75. The fraction of sp³-hybridized carbons (Fsp3) is 0.417. The number of nitrogens with one attached hydrogen (secondary N) is 2. The van der Waals surface area contributed by atoms with Crippen molar-refractivity contribution < 1.29 is 23.8 Å². The number of alkyl carbamates (subject to hydrolysis) is 1. The molecule has 1 saturated carbocycles. The molecule has 3 N–H and O–H groups in total. The van der Waals surface area contributed by atoms with Crippen LogP contribution in [0.3, 0.4) is 0 Å². The lowest BCUT2D eigenvalue weighted by Crippen LogP contribution is -2.45. The van der Waals surface area contributed by atoms with Crippen LogP contribution in [0, 0.1) is 0 Å². The fourth-order valence-electron chi connectivity index (χ4n) is 4.17. The minimum Gasteiger partial charge on any atom is -0.507 e. The summed E-state index contributed by atoms with van der Waals surface area (Å²) in [5, 5.41) is 15.5. The summed E-state index contributed by atoms with van der Waals surface area (Å²) in [6.07, 6.45) is 4.95. The summed E-state index contributed by atoms with van der Waals surface area (Å²) >= 11 is 0. The van der Waals surface area contributed by atoms with Crippen molar-refractivity contribution in [1.29, 1.82) is 0 Å². The minimum atomic E-state index is -1.28. The highest BCUT2D eigenvalue weighted by atomic mass is 19.1. The minimum absolute atomic E-state index is 0.0297. The van der Waals surface area contributed by atoms with Crippen LogP contribution in [0.25, 0.3) is 0 Å². The van der Waals surface area contributed by atoms with Crippen LogP contribution in [0.2, 0.25) is 0 Å². The Bertz CT molecular complexity index is 858. The van der Waals surface area contributed by atoms with Crippen molar-refractivity contribution in [3.63, 3.8) is 0 Å². The smallest absolute Gasteiger partial charge is 0.407 e. The number of aliphatic hydroxyl groups is 1. The molecule has 1 unspecified atom stereocenters. The number of benzene rings is 1. The Balaban J connectivity index is 1.67. The van der Waals surface area contributed by atoms with Crippen molar-refractivity contribution in [1.82, 2.24) is 10.6 Å².